The molecular weight excluding hydrogens is 234 g/mol. The molecule has 0 spiro atoms. The first-order chi connectivity index (χ1) is 4.98. The van der Waals surface area contributed by atoms with Crippen molar-refractivity contribution in [2.45, 2.75) is 10.2 Å². The molecule has 0 aromatic carbocycles. The lowest BCUT2D eigenvalue weighted by Crippen LogP contribution is -2.22. The molecule has 0 aliphatic carbocycles. The van der Waals surface area contributed by atoms with E-state index in [-0.39, 0.29) is 6.61 Å². The summed E-state index contributed by atoms with van der Waals surface area (Å²) in [7, 11) is 0. The van der Waals surface area contributed by atoms with Crippen LogP contribution in [0.5, 0.6) is 0 Å². The van der Waals surface area contributed by atoms with Crippen LogP contribution >= 0.6 is 46.4 Å². The molecule has 0 unspecified atom stereocenters. The maximum atomic E-state index is 10.7. The fraction of sp³-hybridized carbons (Fsp3) is 0.800. The van der Waals surface area contributed by atoms with Gasteiger partial charge in [0.2, 0.25) is 0 Å². The molecule has 0 amide bonds. The Morgan fingerprint density at radius 1 is 1.36 bits per heavy atom. The molecule has 0 aliphatic heterocycles. The van der Waals surface area contributed by atoms with Crippen LogP contribution in [0.25, 0.3) is 0 Å². The van der Waals surface area contributed by atoms with Crippen molar-refractivity contribution in [3.8, 4) is 0 Å². The Hall–Kier alpha value is 0.630. The van der Waals surface area contributed by atoms with E-state index in [1.165, 1.54) is 0 Å². The second kappa shape index (κ2) is 5.31. The molecule has 0 heterocycles. The van der Waals surface area contributed by atoms with Crippen LogP contribution in [-0.2, 0) is 9.53 Å². The van der Waals surface area contributed by atoms with Gasteiger partial charge in [0.15, 0.2) is 0 Å². The van der Waals surface area contributed by atoms with Crippen molar-refractivity contribution in [2.75, 3.05) is 12.5 Å². The number of ether oxygens (including phenoxy) is 1. The fourth-order valence-electron chi connectivity index (χ4n) is 0.301. The number of hydrogen-bond acceptors (Lipinski definition) is 2. The third-order valence-corrected chi connectivity index (χ3v) is 1.47. The zero-order valence-corrected chi connectivity index (χ0v) is 8.47. The van der Waals surface area contributed by atoms with Gasteiger partial charge in [0.1, 0.15) is 0 Å². The summed E-state index contributed by atoms with van der Waals surface area (Å²) in [6.07, 6.45) is 0.550. The number of rotatable bonds is 3. The van der Waals surface area contributed by atoms with Crippen LogP contribution in [0.15, 0.2) is 0 Å². The van der Waals surface area contributed by atoms with Crippen LogP contribution in [0.3, 0.4) is 0 Å². The molecule has 0 aromatic rings. The summed E-state index contributed by atoms with van der Waals surface area (Å²) in [5, 5.41) is 0. The maximum absolute atomic E-state index is 10.7. The summed E-state index contributed by atoms with van der Waals surface area (Å²) in [5.41, 5.74) is 0. The molecule has 0 atom stereocenters. The Kier molecular flexibility index (Phi) is 5.61. The molecule has 0 fully saturated rings. The van der Waals surface area contributed by atoms with Gasteiger partial charge in [0, 0.05) is 5.88 Å². The summed E-state index contributed by atoms with van der Waals surface area (Å²) in [4.78, 5) is 10.7. The molecule has 0 radical (unpaired) electrons. The van der Waals surface area contributed by atoms with Crippen molar-refractivity contribution in [2.24, 2.45) is 0 Å². The number of carbonyl (C=O) groups is 1. The van der Waals surface area contributed by atoms with Crippen molar-refractivity contribution in [3.63, 3.8) is 0 Å². The lowest BCUT2D eigenvalue weighted by atomic mass is 10.5. The normalized spacial score (nSPS) is 11.3. The quantitative estimate of drug-likeness (QED) is 0.430. The van der Waals surface area contributed by atoms with E-state index in [1.807, 2.05) is 0 Å². The van der Waals surface area contributed by atoms with Gasteiger partial charge in [-0.3, -0.25) is 0 Å². The van der Waals surface area contributed by atoms with Gasteiger partial charge in [0.25, 0.3) is 3.79 Å². The smallest absolute Gasteiger partial charge is 0.358 e. The van der Waals surface area contributed by atoms with Crippen molar-refractivity contribution in [1.29, 1.82) is 0 Å². The summed E-state index contributed by atoms with van der Waals surface area (Å²) in [5.74, 6) is -0.458. The topological polar surface area (TPSA) is 26.3 Å². The lowest BCUT2D eigenvalue weighted by Gasteiger charge is -2.09. The van der Waals surface area contributed by atoms with Gasteiger partial charge in [-0.1, -0.05) is 34.8 Å². The summed E-state index contributed by atoms with van der Waals surface area (Å²) >= 11 is 20.9. The number of hydrogen-bond donors (Lipinski definition) is 0. The molecule has 0 N–H and O–H groups in total. The molecule has 0 saturated carbocycles. The van der Waals surface area contributed by atoms with Gasteiger partial charge in [0.05, 0.1) is 6.61 Å². The first-order valence-corrected chi connectivity index (χ1v) is 4.45. The largest absolute Gasteiger partial charge is 0.462 e. The van der Waals surface area contributed by atoms with Gasteiger partial charge in [-0.2, -0.15) is 0 Å². The van der Waals surface area contributed by atoms with Gasteiger partial charge in [-0.15, -0.1) is 11.6 Å². The minimum atomic E-state index is -1.98. The van der Waals surface area contributed by atoms with Crippen molar-refractivity contribution in [3.05, 3.63) is 0 Å². The summed E-state index contributed by atoms with van der Waals surface area (Å²) in [6.45, 7) is 0.177. The molecule has 6 heteroatoms. The minimum Gasteiger partial charge on any atom is -0.462 e. The highest BCUT2D eigenvalue weighted by molar-refractivity contribution is 6.75. The van der Waals surface area contributed by atoms with E-state index in [2.05, 4.69) is 4.74 Å². The second-order valence-electron chi connectivity index (χ2n) is 1.68. The lowest BCUT2D eigenvalue weighted by molar-refractivity contribution is -0.142. The Morgan fingerprint density at radius 2 is 1.91 bits per heavy atom. The third-order valence-electron chi connectivity index (χ3n) is 0.743. The molecule has 0 aromatic heterocycles. The monoisotopic (exact) mass is 238 g/mol. The SMILES string of the molecule is O=C(OCCCCl)C(Cl)(Cl)Cl. The van der Waals surface area contributed by atoms with Gasteiger partial charge < -0.3 is 4.74 Å². The van der Waals surface area contributed by atoms with Crippen LogP contribution in [0.1, 0.15) is 6.42 Å². The number of esters is 1. The Bertz CT molecular complexity index is 131. The fourth-order valence-corrected chi connectivity index (χ4v) is 0.574. The van der Waals surface area contributed by atoms with Crippen LogP contribution in [0.2, 0.25) is 0 Å². The molecule has 2 nitrogen and oxygen atoms in total. The average Bonchev–Trinajstić information content (AvgIpc) is 1.86. The van der Waals surface area contributed by atoms with E-state index in [9.17, 15) is 4.79 Å². The van der Waals surface area contributed by atoms with Crippen LogP contribution in [0, 0.1) is 0 Å². The molecule has 0 aliphatic rings. The first-order valence-electron chi connectivity index (χ1n) is 2.78. The summed E-state index contributed by atoms with van der Waals surface area (Å²) in [6, 6.07) is 0. The number of alkyl halides is 4. The highest BCUT2D eigenvalue weighted by Crippen LogP contribution is 2.27. The van der Waals surface area contributed by atoms with Crippen molar-refractivity contribution < 1.29 is 9.53 Å². The van der Waals surface area contributed by atoms with E-state index < -0.39 is 9.76 Å². The van der Waals surface area contributed by atoms with Gasteiger partial charge in [-0.05, 0) is 6.42 Å². The third kappa shape index (κ3) is 5.85. The van der Waals surface area contributed by atoms with Gasteiger partial charge >= 0.3 is 5.97 Å². The molecule has 0 rings (SSSR count). The molecule has 0 bridgehead atoms. The highest BCUT2D eigenvalue weighted by atomic mass is 35.6. The molecule has 66 valence electrons. The predicted octanol–water partition coefficient (Wildman–Crippen LogP) is 2.53. The predicted molar refractivity (Wildman–Crippen MR) is 46.6 cm³/mol. The zero-order valence-electron chi connectivity index (χ0n) is 5.45. The first kappa shape index (κ1) is 11.6. The minimum absolute atomic E-state index is 0.177. The standard InChI is InChI=1S/C5H6Cl4O2/c6-2-1-3-11-4(10)5(7,8)9/h1-3H2. The molecule has 11 heavy (non-hydrogen) atoms. The zero-order chi connectivity index (χ0) is 8.91. The second-order valence-corrected chi connectivity index (χ2v) is 4.34. The average molecular weight is 240 g/mol. The Balaban J connectivity index is 3.54. The van der Waals surface area contributed by atoms with Crippen molar-refractivity contribution >= 4 is 52.4 Å². The van der Waals surface area contributed by atoms with Crippen LogP contribution < -0.4 is 0 Å². The van der Waals surface area contributed by atoms with E-state index >= 15 is 0 Å². The van der Waals surface area contributed by atoms with E-state index in [0.717, 1.165) is 0 Å². The van der Waals surface area contributed by atoms with E-state index in [1.54, 1.807) is 0 Å². The number of halogens is 4. The molecule has 0 saturated heterocycles. The molecular formula is C5H6Cl4O2. The van der Waals surface area contributed by atoms with E-state index in [4.69, 9.17) is 46.4 Å². The Morgan fingerprint density at radius 3 is 2.27 bits per heavy atom. The van der Waals surface area contributed by atoms with Crippen molar-refractivity contribution in [1.82, 2.24) is 0 Å². The summed E-state index contributed by atoms with van der Waals surface area (Å²) < 4.78 is 2.55. The number of carbonyl (C=O) groups excluding carboxylic acids is 1. The van der Waals surface area contributed by atoms with E-state index in [0.29, 0.717) is 12.3 Å². The van der Waals surface area contributed by atoms with Crippen LogP contribution in [-0.4, -0.2) is 22.2 Å². The highest BCUT2D eigenvalue weighted by Gasteiger charge is 2.32. The maximum Gasteiger partial charge on any atom is 0.358 e. The van der Waals surface area contributed by atoms with Gasteiger partial charge in [-0.25, -0.2) is 4.79 Å². The Labute approximate surface area is 84.7 Å². The van der Waals surface area contributed by atoms with Crippen LogP contribution in [0.4, 0.5) is 0 Å².